The molecule has 2 fully saturated rings. The zero-order valence-corrected chi connectivity index (χ0v) is 13.2. The number of carboxylic acids is 1. The SMILES string of the molecule is CC(CC1CCCCC1)C(=O)N1CCC(CC(=O)O)CC1. The van der Waals surface area contributed by atoms with Gasteiger partial charge in [-0.3, -0.25) is 9.59 Å². The average Bonchev–Trinajstić information content (AvgIpc) is 2.47. The molecular formula is C17H29NO3. The third-order valence-corrected chi connectivity index (χ3v) is 5.22. The van der Waals surface area contributed by atoms with Gasteiger partial charge in [-0.15, -0.1) is 0 Å². The van der Waals surface area contributed by atoms with Crippen LogP contribution >= 0.6 is 0 Å². The molecule has 1 N–H and O–H groups in total. The molecule has 0 bridgehead atoms. The van der Waals surface area contributed by atoms with Crippen LogP contribution in [0.2, 0.25) is 0 Å². The zero-order valence-electron chi connectivity index (χ0n) is 13.2. The summed E-state index contributed by atoms with van der Waals surface area (Å²) in [6, 6.07) is 0. The normalized spacial score (nSPS) is 23.0. The lowest BCUT2D eigenvalue weighted by Gasteiger charge is -2.34. The van der Waals surface area contributed by atoms with E-state index in [9.17, 15) is 9.59 Å². The molecule has 2 aliphatic rings. The topological polar surface area (TPSA) is 57.6 Å². The smallest absolute Gasteiger partial charge is 0.303 e. The summed E-state index contributed by atoms with van der Waals surface area (Å²) in [5.74, 6) is 0.686. The molecule has 0 aromatic carbocycles. The molecule has 0 aromatic rings. The van der Waals surface area contributed by atoms with E-state index >= 15 is 0 Å². The lowest BCUT2D eigenvalue weighted by atomic mass is 9.82. The first kappa shape index (κ1) is 16.3. The largest absolute Gasteiger partial charge is 0.481 e. The van der Waals surface area contributed by atoms with Crippen LogP contribution in [0.5, 0.6) is 0 Å². The van der Waals surface area contributed by atoms with Crippen molar-refractivity contribution in [1.82, 2.24) is 4.90 Å². The Morgan fingerprint density at radius 3 is 2.24 bits per heavy atom. The summed E-state index contributed by atoms with van der Waals surface area (Å²) in [7, 11) is 0. The van der Waals surface area contributed by atoms with E-state index in [1.807, 2.05) is 4.90 Å². The average molecular weight is 295 g/mol. The van der Waals surface area contributed by atoms with Gasteiger partial charge in [0.1, 0.15) is 0 Å². The molecule has 120 valence electrons. The number of aliphatic carboxylic acids is 1. The number of carboxylic acid groups (broad SMARTS) is 1. The van der Waals surface area contributed by atoms with Crippen LogP contribution in [0.4, 0.5) is 0 Å². The minimum atomic E-state index is -0.717. The highest BCUT2D eigenvalue weighted by molar-refractivity contribution is 5.78. The first-order valence-corrected chi connectivity index (χ1v) is 8.57. The molecule has 1 aliphatic carbocycles. The van der Waals surface area contributed by atoms with E-state index in [0.29, 0.717) is 0 Å². The fourth-order valence-electron chi connectivity index (χ4n) is 3.94. The van der Waals surface area contributed by atoms with Crippen molar-refractivity contribution in [3.8, 4) is 0 Å². The van der Waals surface area contributed by atoms with Gasteiger partial charge in [0.05, 0.1) is 0 Å². The Morgan fingerprint density at radius 2 is 1.67 bits per heavy atom. The maximum Gasteiger partial charge on any atom is 0.303 e. The lowest BCUT2D eigenvalue weighted by molar-refractivity contribution is -0.139. The number of carbonyl (C=O) groups excluding carboxylic acids is 1. The van der Waals surface area contributed by atoms with Gasteiger partial charge in [0, 0.05) is 25.4 Å². The third kappa shape index (κ3) is 5.01. The number of amides is 1. The molecule has 1 aliphatic heterocycles. The Hall–Kier alpha value is -1.06. The lowest BCUT2D eigenvalue weighted by Crippen LogP contribution is -2.42. The molecule has 1 amide bonds. The quantitative estimate of drug-likeness (QED) is 0.846. The number of rotatable bonds is 5. The molecule has 21 heavy (non-hydrogen) atoms. The minimum Gasteiger partial charge on any atom is -0.481 e. The van der Waals surface area contributed by atoms with Crippen LogP contribution < -0.4 is 0 Å². The van der Waals surface area contributed by atoms with Gasteiger partial charge in [0.2, 0.25) is 5.91 Å². The Labute approximate surface area is 127 Å². The highest BCUT2D eigenvalue weighted by Crippen LogP contribution is 2.30. The Balaban J connectivity index is 1.74. The van der Waals surface area contributed by atoms with Gasteiger partial charge in [0.25, 0.3) is 0 Å². The highest BCUT2D eigenvalue weighted by Gasteiger charge is 2.28. The maximum absolute atomic E-state index is 12.5. The van der Waals surface area contributed by atoms with E-state index < -0.39 is 5.97 Å². The predicted octanol–water partition coefficient (Wildman–Crippen LogP) is 3.31. The number of nitrogens with zero attached hydrogens (tertiary/aromatic N) is 1. The van der Waals surface area contributed by atoms with Crippen molar-refractivity contribution in [3.63, 3.8) is 0 Å². The predicted molar refractivity (Wildman–Crippen MR) is 81.9 cm³/mol. The molecule has 4 nitrogen and oxygen atoms in total. The first-order chi connectivity index (χ1) is 10.1. The summed E-state index contributed by atoms with van der Waals surface area (Å²) in [4.78, 5) is 25.2. The van der Waals surface area contributed by atoms with Crippen LogP contribution in [-0.2, 0) is 9.59 Å². The van der Waals surface area contributed by atoms with Gasteiger partial charge >= 0.3 is 5.97 Å². The summed E-state index contributed by atoms with van der Waals surface area (Å²) in [5.41, 5.74) is 0. The van der Waals surface area contributed by atoms with E-state index in [1.165, 1.54) is 32.1 Å². The molecule has 2 rings (SSSR count). The first-order valence-electron chi connectivity index (χ1n) is 8.57. The number of piperidine rings is 1. The second kappa shape index (κ2) is 7.81. The summed E-state index contributed by atoms with van der Waals surface area (Å²) in [6.45, 7) is 3.55. The number of hydrogen-bond donors (Lipinski definition) is 1. The van der Waals surface area contributed by atoms with Crippen LogP contribution in [0.25, 0.3) is 0 Å². The fourth-order valence-corrected chi connectivity index (χ4v) is 3.94. The maximum atomic E-state index is 12.5. The molecule has 1 heterocycles. The van der Waals surface area contributed by atoms with Gasteiger partial charge in [-0.2, -0.15) is 0 Å². The number of hydrogen-bond acceptors (Lipinski definition) is 2. The summed E-state index contributed by atoms with van der Waals surface area (Å²) < 4.78 is 0. The van der Waals surface area contributed by atoms with Gasteiger partial charge < -0.3 is 10.0 Å². The van der Waals surface area contributed by atoms with Gasteiger partial charge in [0.15, 0.2) is 0 Å². The Kier molecular flexibility index (Phi) is 6.07. The second-order valence-electron chi connectivity index (χ2n) is 7.01. The molecule has 1 atom stereocenters. The minimum absolute atomic E-state index is 0.129. The number of likely N-dealkylation sites (tertiary alicyclic amines) is 1. The van der Waals surface area contributed by atoms with Crippen molar-refractivity contribution < 1.29 is 14.7 Å². The van der Waals surface area contributed by atoms with Crippen molar-refractivity contribution in [1.29, 1.82) is 0 Å². The third-order valence-electron chi connectivity index (χ3n) is 5.22. The van der Waals surface area contributed by atoms with Crippen molar-refractivity contribution >= 4 is 11.9 Å². The monoisotopic (exact) mass is 295 g/mol. The van der Waals surface area contributed by atoms with E-state index in [4.69, 9.17) is 5.11 Å². The zero-order chi connectivity index (χ0) is 15.2. The van der Waals surface area contributed by atoms with Crippen molar-refractivity contribution in [2.24, 2.45) is 17.8 Å². The fraction of sp³-hybridized carbons (Fsp3) is 0.882. The Morgan fingerprint density at radius 1 is 1.05 bits per heavy atom. The van der Waals surface area contributed by atoms with Crippen LogP contribution in [-0.4, -0.2) is 35.0 Å². The van der Waals surface area contributed by atoms with Crippen molar-refractivity contribution in [2.45, 2.75) is 64.7 Å². The van der Waals surface area contributed by atoms with Crippen LogP contribution in [0.15, 0.2) is 0 Å². The van der Waals surface area contributed by atoms with Crippen LogP contribution in [0, 0.1) is 17.8 Å². The highest BCUT2D eigenvalue weighted by atomic mass is 16.4. The van der Waals surface area contributed by atoms with Crippen LogP contribution in [0.1, 0.15) is 64.7 Å². The summed E-state index contributed by atoms with van der Waals surface area (Å²) >= 11 is 0. The summed E-state index contributed by atoms with van der Waals surface area (Å²) in [5, 5.41) is 8.83. The molecule has 1 unspecified atom stereocenters. The van der Waals surface area contributed by atoms with E-state index in [2.05, 4.69) is 6.92 Å². The van der Waals surface area contributed by atoms with E-state index in [0.717, 1.165) is 38.3 Å². The molecule has 0 aromatic heterocycles. The van der Waals surface area contributed by atoms with E-state index in [1.54, 1.807) is 0 Å². The van der Waals surface area contributed by atoms with Crippen molar-refractivity contribution in [2.75, 3.05) is 13.1 Å². The van der Waals surface area contributed by atoms with E-state index in [-0.39, 0.29) is 24.2 Å². The summed E-state index contributed by atoms with van der Waals surface area (Å²) in [6.07, 6.45) is 9.56. The van der Waals surface area contributed by atoms with Crippen LogP contribution in [0.3, 0.4) is 0 Å². The van der Waals surface area contributed by atoms with Gasteiger partial charge in [-0.1, -0.05) is 39.0 Å². The molecule has 1 saturated heterocycles. The molecular weight excluding hydrogens is 266 g/mol. The van der Waals surface area contributed by atoms with Gasteiger partial charge in [-0.25, -0.2) is 0 Å². The molecule has 0 spiro atoms. The van der Waals surface area contributed by atoms with Gasteiger partial charge in [-0.05, 0) is 31.1 Å². The molecule has 1 saturated carbocycles. The molecule has 0 radical (unpaired) electrons. The van der Waals surface area contributed by atoms with Crippen molar-refractivity contribution in [3.05, 3.63) is 0 Å². The Bertz CT molecular complexity index is 355. The standard InChI is InChI=1S/C17H29NO3/c1-13(11-14-5-3-2-4-6-14)17(21)18-9-7-15(8-10-18)12-16(19)20/h13-15H,2-12H2,1H3,(H,19,20). The molecule has 4 heteroatoms. The number of carbonyl (C=O) groups is 2. The second-order valence-corrected chi connectivity index (χ2v) is 7.01.